The zero-order valence-corrected chi connectivity index (χ0v) is 13.4. The van der Waals surface area contributed by atoms with Crippen molar-refractivity contribution in [3.05, 3.63) is 71.3 Å². The summed E-state index contributed by atoms with van der Waals surface area (Å²) in [5.74, 6) is -0.110. The summed E-state index contributed by atoms with van der Waals surface area (Å²) in [6.07, 6.45) is 0. The molecule has 3 nitrogen and oxygen atoms in total. The van der Waals surface area contributed by atoms with Crippen LogP contribution >= 0.6 is 15.9 Å². The molecule has 0 bridgehead atoms. The van der Waals surface area contributed by atoms with E-state index in [2.05, 4.69) is 22.0 Å². The molecule has 22 heavy (non-hydrogen) atoms. The van der Waals surface area contributed by atoms with E-state index in [1.165, 1.54) is 0 Å². The summed E-state index contributed by atoms with van der Waals surface area (Å²) >= 11 is 3.30. The van der Waals surface area contributed by atoms with E-state index < -0.39 is 0 Å². The Bertz CT molecular complexity index is 790. The quantitative estimate of drug-likeness (QED) is 0.477. The van der Waals surface area contributed by atoms with Gasteiger partial charge < -0.3 is 4.90 Å². The highest BCUT2D eigenvalue weighted by atomic mass is 79.9. The minimum Gasteiger partial charge on any atom is -0.303 e. The van der Waals surface area contributed by atoms with Crippen molar-refractivity contribution in [1.82, 2.24) is 0 Å². The third kappa shape index (κ3) is 2.44. The Kier molecular flexibility index (Phi) is 4.08. The van der Waals surface area contributed by atoms with E-state index in [4.69, 9.17) is 0 Å². The molecule has 0 aromatic heterocycles. The van der Waals surface area contributed by atoms with Gasteiger partial charge in [-0.05, 0) is 11.6 Å². The summed E-state index contributed by atoms with van der Waals surface area (Å²) in [7, 11) is 0. The van der Waals surface area contributed by atoms with Gasteiger partial charge in [0.1, 0.15) is 0 Å². The van der Waals surface area contributed by atoms with E-state index in [0.717, 1.165) is 16.8 Å². The summed E-state index contributed by atoms with van der Waals surface area (Å²) in [4.78, 5) is 14.6. The summed E-state index contributed by atoms with van der Waals surface area (Å²) in [6, 6.07) is 19.6. The molecule has 1 aliphatic rings. The lowest BCUT2D eigenvalue weighted by Crippen LogP contribution is -2.26. The fraction of sp³-hybridized carbons (Fsp3) is 0.111. The predicted octanol–water partition coefficient (Wildman–Crippen LogP) is 3.91. The second kappa shape index (κ2) is 6.17. The average molecular weight is 353 g/mol. The molecule has 0 unspecified atom stereocenters. The number of halogens is 1. The number of amides is 1. The SMILES string of the molecule is N#C/C(CBr)=C1\C(=O)N(Cc2ccccc2)c2ccccc21. The van der Waals surface area contributed by atoms with Crippen molar-refractivity contribution >= 4 is 33.1 Å². The number of alkyl halides is 1. The molecular weight excluding hydrogens is 340 g/mol. The molecule has 0 saturated heterocycles. The van der Waals surface area contributed by atoms with E-state index >= 15 is 0 Å². The van der Waals surface area contributed by atoms with Gasteiger partial charge in [0.15, 0.2) is 0 Å². The Morgan fingerprint density at radius 2 is 1.77 bits per heavy atom. The van der Waals surface area contributed by atoms with Gasteiger partial charge in [0.2, 0.25) is 0 Å². The van der Waals surface area contributed by atoms with Crippen molar-refractivity contribution in [2.75, 3.05) is 10.2 Å². The number of anilines is 1. The molecule has 1 amide bonds. The van der Waals surface area contributed by atoms with Crippen molar-refractivity contribution in [2.45, 2.75) is 6.54 Å². The Morgan fingerprint density at radius 3 is 2.45 bits per heavy atom. The average Bonchev–Trinajstić information content (AvgIpc) is 2.83. The molecule has 1 heterocycles. The number of hydrogen-bond acceptors (Lipinski definition) is 2. The summed E-state index contributed by atoms with van der Waals surface area (Å²) in [6.45, 7) is 0.501. The molecule has 3 rings (SSSR count). The largest absolute Gasteiger partial charge is 0.303 e. The second-order valence-electron chi connectivity index (χ2n) is 4.99. The number of hydrogen-bond donors (Lipinski definition) is 0. The van der Waals surface area contributed by atoms with Crippen LogP contribution in [0.25, 0.3) is 5.57 Å². The van der Waals surface area contributed by atoms with Crippen molar-refractivity contribution in [3.63, 3.8) is 0 Å². The smallest absolute Gasteiger partial charge is 0.260 e. The van der Waals surface area contributed by atoms with Crippen molar-refractivity contribution in [2.24, 2.45) is 0 Å². The number of rotatable bonds is 3. The van der Waals surface area contributed by atoms with Crippen LogP contribution in [0, 0.1) is 11.3 Å². The standard InChI is InChI=1S/C18H13BrN2O/c19-10-14(11-20)17-15-8-4-5-9-16(15)21(18(17)22)12-13-6-2-1-3-7-13/h1-9H,10,12H2/b17-14-. The zero-order valence-electron chi connectivity index (χ0n) is 11.8. The maximum absolute atomic E-state index is 12.8. The van der Waals surface area contributed by atoms with Gasteiger partial charge in [-0.1, -0.05) is 64.5 Å². The van der Waals surface area contributed by atoms with Gasteiger partial charge in [-0.25, -0.2) is 0 Å². The molecule has 0 aliphatic carbocycles. The Morgan fingerprint density at radius 1 is 1.09 bits per heavy atom. The van der Waals surface area contributed by atoms with E-state index in [1.54, 1.807) is 4.90 Å². The number of carbonyl (C=O) groups excluding carboxylic acids is 1. The normalized spacial score (nSPS) is 15.5. The first-order valence-corrected chi connectivity index (χ1v) is 8.03. The summed E-state index contributed by atoms with van der Waals surface area (Å²) < 4.78 is 0. The lowest BCUT2D eigenvalue weighted by atomic mass is 10.0. The van der Waals surface area contributed by atoms with Crippen molar-refractivity contribution in [3.8, 4) is 6.07 Å². The Labute approximate surface area is 137 Å². The number of nitrogens with zero attached hydrogens (tertiary/aromatic N) is 2. The fourth-order valence-electron chi connectivity index (χ4n) is 2.65. The van der Waals surface area contributed by atoms with Crippen LogP contribution in [0.1, 0.15) is 11.1 Å². The Balaban J connectivity index is 2.09. The molecule has 108 valence electrons. The lowest BCUT2D eigenvalue weighted by molar-refractivity contribution is -0.113. The molecule has 2 aromatic rings. The number of fused-ring (bicyclic) bond motifs is 1. The zero-order chi connectivity index (χ0) is 15.5. The maximum Gasteiger partial charge on any atom is 0.260 e. The third-order valence-electron chi connectivity index (χ3n) is 3.68. The van der Waals surface area contributed by atoms with E-state index in [-0.39, 0.29) is 5.91 Å². The number of nitriles is 1. The molecule has 4 heteroatoms. The molecule has 0 atom stereocenters. The van der Waals surface area contributed by atoms with Gasteiger partial charge >= 0.3 is 0 Å². The molecule has 0 N–H and O–H groups in total. The van der Waals surface area contributed by atoms with Crippen LogP contribution in [0.15, 0.2) is 60.2 Å². The first kappa shape index (κ1) is 14.6. The fourth-order valence-corrected chi connectivity index (χ4v) is 3.05. The maximum atomic E-state index is 12.8. The molecule has 1 aliphatic heterocycles. The number of allylic oxidation sites excluding steroid dienone is 1. The van der Waals surface area contributed by atoms with Crippen LogP contribution in [0.3, 0.4) is 0 Å². The van der Waals surface area contributed by atoms with Crippen molar-refractivity contribution < 1.29 is 4.79 Å². The highest BCUT2D eigenvalue weighted by Gasteiger charge is 2.34. The van der Waals surface area contributed by atoms with Gasteiger partial charge in [0.25, 0.3) is 5.91 Å². The highest BCUT2D eigenvalue weighted by molar-refractivity contribution is 9.09. The van der Waals surface area contributed by atoms with Crippen LogP contribution in [0.2, 0.25) is 0 Å². The molecule has 2 aromatic carbocycles. The van der Waals surface area contributed by atoms with Crippen LogP contribution in [-0.2, 0) is 11.3 Å². The van der Waals surface area contributed by atoms with Gasteiger partial charge in [-0.3, -0.25) is 4.79 Å². The van der Waals surface area contributed by atoms with E-state index in [0.29, 0.717) is 23.0 Å². The topological polar surface area (TPSA) is 44.1 Å². The Hall–Kier alpha value is -2.38. The van der Waals surface area contributed by atoms with Gasteiger partial charge in [-0.15, -0.1) is 0 Å². The monoisotopic (exact) mass is 352 g/mol. The van der Waals surface area contributed by atoms with Gasteiger partial charge in [-0.2, -0.15) is 5.26 Å². The highest BCUT2D eigenvalue weighted by Crippen LogP contribution is 2.39. The van der Waals surface area contributed by atoms with Crippen LogP contribution in [-0.4, -0.2) is 11.2 Å². The van der Waals surface area contributed by atoms with Crippen LogP contribution < -0.4 is 4.90 Å². The first-order chi connectivity index (χ1) is 10.8. The summed E-state index contributed by atoms with van der Waals surface area (Å²) in [5, 5.41) is 9.67. The summed E-state index contributed by atoms with van der Waals surface area (Å²) in [5.41, 5.74) is 3.72. The van der Waals surface area contributed by atoms with E-state index in [9.17, 15) is 10.1 Å². The minimum atomic E-state index is -0.110. The number of benzene rings is 2. The van der Waals surface area contributed by atoms with Crippen molar-refractivity contribution in [1.29, 1.82) is 5.26 Å². The number of carbonyl (C=O) groups is 1. The van der Waals surface area contributed by atoms with Crippen LogP contribution in [0.5, 0.6) is 0 Å². The molecular formula is C18H13BrN2O. The predicted molar refractivity (Wildman–Crippen MR) is 90.4 cm³/mol. The molecule has 0 radical (unpaired) electrons. The van der Waals surface area contributed by atoms with E-state index in [1.807, 2.05) is 54.6 Å². The second-order valence-corrected chi connectivity index (χ2v) is 5.55. The van der Waals surface area contributed by atoms with Crippen LogP contribution in [0.4, 0.5) is 5.69 Å². The molecule has 0 spiro atoms. The molecule has 0 fully saturated rings. The van der Waals surface area contributed by atoms with Gasteiger partial charge in [0.05, 0.1) is 29.4 Å². The van der Waals surface area contributed by atoms with Gasteiger partial charge in [0, 0.05) is 10.9 Å². The third-order valence-corrected chi connectivity index (χ3v) is 4.24. The molecule has 0 saturated carbocycles. The lowest BCUT2D eigenvalue weighted by Gasteiger charge is -2.17. The first-order valence-electron chi connectivity index (χ1n) is 6.90. The minimum absolute atomic E-state index is 0.110. The number of para-hydroxylation sites is 1.